The molecule has 1 saturated carbocycles. The van der Waals surface area contributed by atoms with Crippen LogP contribution >= 0.6 is 11.8 Å². The first-order valence-corrected chi connectivity index (χ1v) is 8.04. The lowest BCUT2D eigenvalue weighted by atomic mass is 9.93. The number of thioether (sulfide) groups is 1. The van der Waals surface area contributed by atoms with E-state index < -0.39 is 0 Å². The summed E-state index contributed by atoms with van der Waals surface area (Å²) < 4.78 is 13.2. The fourth-order valence-corrected chi connectivity index (χ4v) is 3.71. The van der Waals surface area contributed by atoms with E-state index in [2.05, 4.69) is 18.5 Å². The summed E-state index contributed by atoms with van der Waals surface area (Å²) in [4.78, 5) is 0. The number of hydrogen-bond acceptors (Lipinski definition) is 2. The van der Waals surface area contributed by atoms with Crippen LogP contribution in [0.15, 0.2) is 24.3 Å². The van der Waals surface area contributed by atoms with Gasteiger partial charge in [-0.05, 0) is 43.7 Å². The Bertz CT molecular complexity index is 383. The standard InChI is InChI=1S/C15H22FNS/c1-11(12-6-5-7-13(16)10-12)17-14-8-3-4-9-15(14)18-2/h5-7,10-11,14-15,17H,3-4,8-9H2,1-2H3. The molecule has 3 unspecified atom stereocenters. The van der Waals surface area contributed by atoms with Crippen LogP contribution in [0.4, 0.5) is 4.39 Å². The van der Waals surface area contributed by atoms with Crippen LogP contribution in [0.25, 0.3) is 0 Å². The van der Waals surface area contributed by atoms with E-state index >= 15 is 0 Å². The topological polar surface area (TPSA) is 12.0 Å². The smallest absolute Gasteiger partial charge is 0.123 e. The summed E-state index contributed by atoms with van der Waals surface area (Å²) in [5, 5.41) is 4.38. The molecule has 3 heteroatoms. The van der Waals surface area contributed by atoms with Crippen molar-refractivity contribution in [3.8, 4) is 0 Å². The van der Waals surface area contributed by atoms with Crippen molar-refractivity contribution in [3.05, 3.63) is 35.6 Å². The van der Waals surface area contributed by atoms with Crippen molar-refractivity contribution in [2.24, 2.45) is 0 Å². The molecule has 18 heavy (non-hydrogen) atoms. The van der Waals surface area contributed by atoms with E-state index in [1.807, 2.05) is 17.8 Å². The maximum absolute atomic E-state index is 13.2. The molecule has 2 rings (SSSR count). The van der Waals surface area contributed by atoms with E-state index in [4.69, 9.17) is 0 Å². The van der Waals surface area contributed by atoms with Crippen molar-refractivity contribution in [2.45, 2.75) is 49.9 Å². The summed E-state index contributed by atoms with van der Waals surface area (Å²) in [6.45, 7) is 2.13. The van der Waals surface area contributed by atoms with Gasteiger partial charge in [-0.2, -0.15) is 11.8 Å². The number of hydrogen-bond donors (Lipinski definition) is 1. The van der Waals surface area contributed by atoms with Crippen LogP contribution < -0.4 is 5.32 Å². The SMILES string of the molecule is CSC1CCCCC1NC(C)c1cccc(F)c1. The Morgan fingerprint density at radius 2 is 2.11 bits per heavy atom. The van der Waals surface area contributed by atoms with Crippen LogP contribution in [-0.4, -0.2) is 17.5 Å². The molecule has 0 heterocycles. The summed E-state index contributed by atoms with van der Waals surface area (Å²) in [6.07, 6.45) is 7.39. The van der Waals surface area contributed by atoms with Gasteiger partial charge in [-0.15, -0.1) is 0 Å². The molecule has 0 spiro atoms. The lowest BCUT2D eigenvalue weighted by molar-refractivity contribution is 0.356. The van der Waals surface area contributed by atoms with Crippen molar-refractivity contribution in [3.63, 3.8) is 0 Å². The molecule has 1 nitrogen and oxygen atoms in total. The maximum atomic E-state index is 13.2. The second kappa shape index (κ2) is 6.58. The fourth-order valence-electron chi connectivity index (χ4n) is 2.76. The number of nitrogens with one attached hydrogen (secondary N) is 1. The molecule has 0 bridgehead atoms. The molecule has 3 atom stereocenters. The molecule has 100 valence electrons. The average molecular weight is 267 g/mol. The molecule has 0 aliphatic heterocycles. The molecule has 0 amide bonds. The highest BCUT2D eigenvalue weighted by atomic mass is 32.2. The number of halogens is 1. The molecule has 0 saturated heterocycles. The van der Waals surface area contributed by atoms with Crippen LogP contribution in [0.2, 0.25) is 0 Å². The Labute approximate surface area is 114 Å². The largest absolute Gasteiger partial charge is 0.306 e. The van der Waals surface area contributed by atoms with Crippen molar-refractivity contribution >= 4 is 11.8 Å². The minimum atomic E-state index is -0.147. The van der Waals surface area contributed by atoms with Crippen LogP contribution in [0.5, 0.6) is 0 Å². The Hall–Kier alpha value is -0.540. The van der Waals surface area contributed by atoms with Gasteiger partial charge in [-0.25, -0.2) is 4.39 Å². The highest BCUT2D eigenvalue weighted by Crippen LogP contribution is 2.29. The molecular weight excluding hydrogens is 245 g/mol. The summed E-state index contributed by atoms with van der Waals surface area (Å²) >= 11 is 1.96. The highest BCUT2D eigenvalue weighted by Gasteiger charge is 2.25. The van der Waals surface area contributed by atoms with Gasteiger partial charge in [0, 0.05) is 17.3 Å². The van der Waals surface area contributed by atoms with Crippen molar-refractivity contribution in [2.75, 3.05) is 6.26 Å². The second-order valence-corrected chi connectivity index (χ2v) is 6.19. The minimum absolute atomic E-state index is 0.147. The van der Waals surface area contributed by atoms with E-state index in [0.717, 1.165) is 5.56 Å². The van der Waals surface area contributed by atoms with Gasteiger partial charge in [0.15, 0.2) is 0 Å². The zero-order valence-corrected chi connectivity index (χ0v) is 12.0. The quantitative estimate of drug-likeness (QED) is 0.879. The van der Waals surface area contributed by atoms with Crippen molar-refractivity contribution in [1.82, 2.24) is 5.32 Å². The summed E-state index contributed by atoms with van der Waals surface area (Å²) in [6, 6.07) is 7.70. The first-order chi connectivity index (χ1) is 8.70. The lowest BCUT2D eigenvalue weighted by Crippen LogP contribution is -2.41. The highest BCUT2D eigenvalue weighted by molar-refractivity contribution is 7.99. The van der Waals surface area contributed by atoms with Crippen molar-refractivity contribution in [1.29, 1.82) is 0 Å². The fraction of sp³-hybridized carbons (Fsp3) is 0.600. The molecule has 1 aromatic carbocycles. The van der Waals surface area contributed by atoms with E-state index in [0.29, 0.717) is 11.3 Å². The Morgan fingerprint density at radius 1 is 1.33 bits per heavy atom. The van der Waals surface area contributed by atoms with Gasteiger partial charge in [0.25, 0.3) is 0 Å². The first kappa shape index (κ1) is 13.9. The third-order valence-corrected chi connectivity index (χ3v) is 4.99. The Balaban J connectivity index is 1.99. The normalized spacial score (nSPS) is 25.9. The minimum Gasteiger partial charge on any atom is -0.306 e. The number of benzene rings is 1. The molecule has 1 N–H and O–H groups in total. The van der Waals surface area contributed by atoms with E-state index in [1.54, 1.807) is 12.1 Å². The van der Waals surface area contributed by atoms with Crippen molar-refractivity contribution < 1.29 is 4.39 Å². The summed E-state index contributed by atoms with van der Waals surface area (Å²) in [7, 11) is 0. The van der Waals surface area contributed by atoms with Crippen LogP contribution in [0.3, 0.4) is 0 Å². The lowest BCUT2D eigenvalue weighted by Gasteiger charge is -2.33. The summed E-state index contributed by atoms with van der Waals surface area (Å²) in [5.41, 5.74) is 1.04. The zero-order valence-electron chi connectivity index (χ0n) is 11.2. The predicted molar refractivity (Wildman–Crippen MR) is 77.5 cm³/mol. The molecule has 1 aliphatic carbocycles. The Morgan fingerprint density at radius 3 is 2.83 bits per heavy atom. The average Bonchev–Trinajstić information content (AvgIpc) is 2.39. The van der Waals surface area contributed by atoms with Gasteiger partial charge < -0.3 is 5.32 Å². The molecule has 0 aromatic heterocycles. The second-order valence-electron chi connectivity index (χ2n) is 5.11. The van der Waals surface area contributed by atoms with E-state index in [-0.39, 0.29) is 11.9 Å². The van der Waals surface area contributed by atoms with Gasteiger partial charge in [0.05, 0.1) is 0 Å². The van der Waals surface area contributed by atoms with E-state index in [1.165, 1.54) is 31.7 Å². The zero-order chi connectivity index (χ0) is 13.0. The van der Waals surface area contributed by atoms with E-state index in [9.17, 15) is 4.39 Å². The van der Waals surface area contributed by atoms with Crippen LogP contribution in [-0.2, 0) is 0 Å². The molecular formula is C15H22FNS. The molecule has 1 aromatic rings. The van der Waals surface area contributed by atoms with Gasteiger partial charge in [0.1, 0.15) is 5.82 Å². The van der Waals surface area contributed by atoms with Crippen LogP contribution in [0, 0.1) is 5.82 Å². The van der Waals surface area contributed by atoms with Gasteiger partial charge in [0.2, 0.25) is 0 Å². The third-order valence-electron chi connectivity index (χ3n) is 3.82. The number of rotatable bonds is 4. The summed E-state index contributed by atoms with van der Waals surface area (Å²) in [5.74, 6) is -0.147. The van der Waals surface area contributed by atoms with Gasteiger partial charge in [-0.1, -0.05) is 25.0 Å². The van der Waals surface area contributed by atoms with Crippen LogP contribution in [0.1, 0.15) is 44.2 Å². The van der Waals surface area contributed by atoms with Gasteiger partial charge >= 0.3 is 0 Å². The molecule has 1 aliphatic rings. The Kier molecular flexibility index (Phi) is 5.07. The molecule has 1 fully saturated rings. The third kappa shape index (κ3) is 3.48. The predicted octanol–water partition coefficient (Wildman–Crippen LogP) is 4.15. The van der Waals surface area contributed by atoms with Gasteiger partial charge in [-0.3, -0.25) is 0 Å². The maximum Gasteiger partial charge on any atom is 0.123 e. The first-order valence-electron chi connectivity index (χ1n) is 6.75. The molecule has 0 radical (unpaired) electrons. The monoisotopic (exact) mass is 267 g/mol.